The van der Waals surface area contributed by atoms with E-state index in [2.05, 4.69) is 15.9 Å². The number of methoxy groups -OCH3 is 2. The lowest BCUT2D eigenvalue weighted by atomic mass is 10.1. The van der Waals surface area contributed by atoms with Crippen LogP contribution in [-0.4, -0.2) is 56.9 Å². The first-order chi connectivity index (χ1) is 12.6. The Bertz CT molecular complexity index is 733. The largest absolute Gasteiger partial charge is 0.497 e. The molecule has 2 aromatic rings. The molecule has 5 nitrogen and oxygen atoms in total. The number of β-amino-alcohol motifs (C(OH)–C–C–N with tert-alkyl or cyclic N) is 1. The predicted octanol–water partition coefficient (Wildman–Crippen LogP) is 3.21. The van der Waals surface area contributed by atoms with Gasteiger partial charge in [-0.2, -0.15) is 0 Å². The molecule has 0 spiro atoms. The van der Waals surface area contributed by atoms with Crippen molar-refractivity contribution in [2.45, 2.75) is 6.10 Å². The van der Waals surface area contributed by atoms with Crippen molar-refractivity contribution in [3.05, 3.63) is 53.1 Å². The zero-order chi connectivity index (χ0) is 18.5. The highest BCUT2D eigenvalue weighted by Crippen LogP contribution is 2.30. The van der Waals surface area contributed by atoms with Crippen LogP contribution in [0.1, 0.15) is 11.7 Å². The minimum absolute atomic E-state index is 0.562. The first kappa shape index (κ1) is 18.8. The summed E-state index contributed by atoms with van der Waals surface area (Å²) in [5.41, 5.74) is 1.90. The van der Waals surface area contributed by atoms with E-state index in [1.807, 2.05) is 36.4 Å². The number of aliphatic hydroxyl groups excluding tert-OH is 1. The average Bonchev–Trinajstić information content (AvgIpc) is 2.68. The highest BCUT2D eigenvalue weighted by molar-refractivity contribution is 6.30. The van der Waals surface area contributed by atoms with E-state index in [1.54, 1.807) is 14.2 Å². The molecule has 3 rings (SSSR count). The highest BCUT2D eigenvalue weighted by Gasteiger charge is 2.22. The van der Waals surface area contributed by atoms with E-state index >= 15 is 0 Å². The molecule has 1 atom stereocenters. The number of benzene rings is 2. The number of rotatable bonds is 6. The Kier molecular flexibility index (Phi) is 6.25. The van der Waals surface area contributed by atoms with Crippen LogP contribution in [0.4, 0.5) is 5.69 Å². The SMILES string of the molecule is COc1ccc(OC)c([C@H](O)CN2CCN(c3cccc(Cl)c3)CC2)c1. The maximum absolute atomic E-state index is 10.7. The van der Waals surface area contributed by atoms with Gasteiger partial charge in [0.25, 0.3) is 0 Å². The van der Waals surface area contributed by atoms with Crippen LogP contribution in [0.5, 0.6) is 11.5 Å². The van der Waals surface area contributed by atoms with E-state index < -0.39 is 6.10 Å². The lowest BCUT2D eigenvalue weighted by Crippen LogP contribution is -2.47. The lowest BCUT2D eigenvalue weighted by molar-refractivity contribution is 0.107. The van der Waals surface area contributed by atoms with Crippen LogP contribution in [0, 0.1) is 0 Å². The molecule has 0 aliphatic carbocycles. The summed E-state index contributed by atoms with van der Waals surface area (Å²) in [6, 6.07) is 13.4. The number of aliphatic hydroxyl groups is 1. The number of anilines is 1. The van der Waals surface area contributed by atoms with Gasteiger partial charge in [0.15, 0.2) is 0 Å². The van der Waals surface area contributed by atoms with Crippen LogP contribution in [0.2, 0.25) is 5.02 Å². The Balaban J connectivity index is 1.61. The van der Waals surface area contributed by atoms with Gasteiger partial charge in [0.2, 0.25) is 0 Å². The molecule has 0 amide bonds. The number of hydrogen-bond donors (Lipinski definition) is 1. The molecule has 1 N–H and O–H groups in total. The third kappa shape index (κ3) is 4.41. The van der Waals surface area contributed by atoms with Crippen LogP contribution in [0.3, 0.4) is 0 Å². The van der Waals surface area contributed by atoms with E-state index in [4.69, 9.17) is 21.1 Å². The normalized spacial score (nSPS) is 16.4. The topological polar surface area (TPSA) is 45.2 Å². The Hall–Kier alpha value is -1.95. The first-order valence-corrected chi connectivity index (χ1v) is 9.11. The molecule has 1 saturated heterocycles. The van der Waals surface area contributed by atoms with Gasteiger partial charge in [0.05, 0.1) is 20.3 Å². The second-order valence-electron chi connectivity index (χ2n) is 6.39. The van der Waals surface area contributed by atoms with Gasteiger partial charge in [-0.05, 0) is 36.4 Å². The van der Waals surface area contributed by atoms with Gasteiger partial charge in [-0.1, -0.05) is 17.7 Å². The summed E-state index contributed by atoms with van der Waals surface area (Å²) in [7, 11) is 3.23. The maximum Gasteiger partial charge on any atom is 0.124 e. The Morgan fingerprint density at radius 1 is 1.04 bits per heavy atom. The van der Waals surface area contributed by atoms with Gasteiger partial charge in [-0.3, -0.25) is 4.90 Å². The third-order valence-electron chi connectivity index (χ3n) is 4.77. The van der Waals surface area contributed by atoms with E-state index in [1.165, 1.54) is 0 Å². The summed E-state index contributed by atoms with van der Waals surface area (Å²) in [5.74, 6) is 1.39. The molecule has 26 heavy (non-hydrogen) atoms. The van der Waals surface area contributed by atoms with Gasteiger partial charge < -0.3 is 19.5 Å². The minimum atomic E-state index is -0.627. The molecular weight excluding hydrogens is 352 g/mol. The van der Waals surface area contributed by atoms with Gasteiger partial charge >= 0.3 is 0 Å². The smallest absolute Gasteiger partial charge is 0.124 e. The Morgan fingerprint density at radius 2 is 1.81 bits per heavy atom. The highest BCUT2D eigenvalue weighted by atomic mass is 35.5. The number of piperazine rings is 1. The molecule has 1 fully saturated rings. The molecule has 2 aromatic carbocycles. The number of halogens is 1. The maximum atomic E-state index is 10.7. The molecule has 6 heteroatoms. The zero-order valence-corrected chi connectivity index (χ0v) is 15.9. The van der Waals surface area contributed by atoms with Crippen molar-refractivity contribution in [3.8, 4) is 11.5 Å². The fourth-order valence-electron chi connectivity index (χ4n) is 3.30. The summed E-state index contributed by atoms with van der Waals surface area (Å²) in [4.78, 5) is 4.59. The van der Waals surface area contributed by atoms with Crippen molar-refractivity contribution in [1.29, 1.82) is 0 Å². The number of hydrogen-bond acceptors (Lipinski definition) is 5. The fraction of sp³-hybridized carbons (Fsp3) is 0.400. The van der Waals surface area contributed by atoms with E-state index in [0.29, 0.717) is 18.0 Å². The standard InChI is InChI=1S/C20H25ClN2O3/c1-25-17-6-7-20(26-2)18(13-17)19(24)14-22-8-10-23(11-9-22)16-5-3-4-15(21)12-16/h3-7,12-13,19,24H,8-11,14H2,1-2H3/t19-/m1/s1. The van der Waals surface area contributed by atoms with Crippen molar-refractivity contribution < 1.29 is 14.6 Å². The van der Waals surface area contributed by atoms with Crippen LogP contribution < -0.4 is 14.4 Å². The van der Waals surface area contributed by atoms with E-state index in [9.17, 15) is 5.11 Å². The number of ether oxygens (including phenoxy) is 2. The van der Waals surface area contributed by atoms with E-state index in [-0.39, 0.29) is 0 Å². The van der Waals surface area contributed by atoms with Gasteiger partial charge in [0, 0.05) is 49.0 Å². The van der Waals surface area contributed by atoms with Crippen molar-refractivity contribution >= 4 is 17.3 Å². The van der Waals surface area contributed by atoms with Crippen LogP contribution in [0.25, 0.3) is 0 Å². The lowest BCUT2D eigenvalue weighted by Gasteiger charge is -2.37. The Labute approximate surface area is 159 Å². The summed E-state index contributed by atoms with van der Waals surface area (Å²) in [5, 5.41) is 11.5. The molecule has 0 bridgehead atoms. The molecule has 1 aliphatic heterocycles. The minimum Gasteiger partial charge on any atom is -0.497 e. The molecule has 0 unspecified atom stereocenters. The van der Waals surface area contributed by atoms with Gasteiger partial charge in [0.1, 0.15) is 11.5 Å². The van der Waals surface area contributed by atoms with Gasteiger partial charge in [-0.25, -0.2) is 0 Å². The second kappa shape index (κ2) is 8.62. The fourth-order valence-corrected chi connectivity index (χ4v) is 3.49. The van der Waals surface area contributed by atoms with Crippen molar-refractivity contribution in [3.63, 3.8) is 0 Å². The predicted molar refractivity (Wildman–Crippen MR) is 105 cm³/mol. The van der Waals surface area contributed by atoms with E-state index in [0.717, 1.165) is 42.5 Å². The zero-order valence-electron chi connectivity index (χ0n) is 15.2. The molecule has 1 aliphatic rings. The molecule has 0 radical (unpaired) electrons. The summed E-state index contributed by atoms with van der Waals surface area (Å²) in [6.07, 6.45) is -0.627. The van der Waals surface area contributed by atoms with Crippen molar-refractivity contribution in [1.82, 2.24) is 4.90 Å². The molecule has 140 valence electrons. The van der Waals surface area contributed by atoms with Crippen molar-refractivity contribution in [2.75, 3.05) is 51.8 Å². The summed E-state index contributed by atoms with van der Waals surface area (Å²) >= 11 is 6.09. The summed E-state index contributed by atoms with van der Waals surface area (Å²) in [6.45, 7) is 4.14. The first-order valence-electron chi connectivity index (χ1n) is 8.73. The molecule has 1 heterocycles. The summed E-state index contributed by atoms with van der Waals surface area (Å²) < 4.78 is 10.7. The van der Waals surface area contributed by atoms with Crippen molar-refractivity contribution in [2.24, 2.45) is 0 Å². The third-order valence-corrected chi connectivity index (χ3v) is 5.01. The average molecular weight is 377 g/mol. The van der Waals surface area contributed by atoms with Crippen LogP contribution in [-0.2, 0) is 0 Å². The quantitative estimate of drug-likeness (QED) is 0.838. The molecular formula is C20H25ClN2O3. The Morgan fingerprint density at radius 3 is 2.46 bits per heavy atom. The van der Waals surface area contributed by atoms with Crippen LogP contribution in [0.15, 0.2) is 42.5 Å². The van der Waals surface area contributed by atoms with Crippen LogP contribution >= 0.6 is 11.6 Å². The number of nitrogens with zero attached hydrogens (tertiary/aromatic N) is 2. The second-order valence-corrected chi connectivity index (χ2v) is 6.83. The molecule has 0 aromatic heterocycles. The molecule has 0 saturated carbocycles. The monoisotopic (exact) mass is 376 g/mol. The van der Waals surface area contributed by atoms with Gasteiger partial charge in [-0.15, -0.1) is 0 Å².